The van der Waals surface area contributed by atoms with E-state index in [0.717, 1.165) is 24.8 Å². The molecule has 30 heavy (non-hydrogen) atoms. The molecule has 0 spiro atoms. The van der Waals surface area contributed by atoms with E-state index in [1.807, 2.05) is 36.4 Å². The first-order valence-electron chi connectivity index (χ1n) is 9.88. The number of ether oxygens (including phenoxy) is 2. The van der Waals surface area contributed by atoms with Crippen LogP contribution in [0.4, 0.5) is 5.69 Å². The summed E-state index contributed by atoms with van der Waals surface area (Å²) >= 11 is 0. The van der Waals surface area contributed by atoms with Crippen LogP contribution in [0, 0.1) is 0 Å². The predicted octanol–water partition coefficient (Wildman–Crippen LogP) is 2.65. The van der Waals surface area contributed by atoms with E-state index in [9.17, 15) is 14.4 Å². The summed E-state index contributed by atoms with van der Waals surface area (Å²) in [6, 6.07) is 16.9. The predicted molar refractivity (Wildman–Crippen MR) is 109 cm³/mol. The highest BCUT2D eigenvalue weighted by Gasteiger charge is 2.33. The number of hydrogen-bond acceptors (Lipinski definition) is 6. The fraction of sp³-hybridized carbons (Fsp3) is 0.261. The molecular formula is C23H22N2O5. The van der Waals surface area contributed by atoms with Crippen molar-refractivity contribution in [2.75, 3.05) is 18.5 Å². The van der Waals surface area contributed by atoms with Gasteiger partial charge in [-0.25, -0.2) is 4.79 Å². The molecule has 1 amide bonds. The second-order valence-electron chi connectivity index (χ2n) is 7.19. The molecule has 1 atom stereocenters. The van der Waals surface area contributed by atoms with Crippen molar-refractivity contribution in [3.8, 4) is 0 Å². The van der Waals surface area contributed by atoms with Crippen molar-refractivity contribution in [2.24, 2.45) is 0 Å². The van der Waals surface area contributed by atoms with Crippen molar-refractivity contribution in [1.82, 2.24) is 5.32 Å². The van der Waals surface area contributed by atoms with E-state index in [1.54, 1.807) is 12.1 Å². The average molecular weight is 406 g/mol. The zero-order chi connectivity index (χ0) is 20.9. The summed E-state index contributed by atoms with van der Waals surface area (Å²) in [5, 5.41) is 5.82. The second-order valence-corrected chi connectivity index (χ2v) is 7.19. The zero-order valence-corrected chi connectivity index (χ0v) is 16.4. The van der Waals surface area contributed by atoms with Crippen molar-refractivity contribution in [3.05, 3.63) is 77.2 Å². The topological polar surface area (TPSA) is 93.7 Å². The monoisotopic (exact) mass is 406 g/mol. The molecule has 7 heteroatoms. The lowest BCUT2D eigenvalue weighted by Gasteiger charge is -2.26. The molecule has 7 nitrogen and oxygen atoms in total. The third-order valence-corrected chi connectivity index (χ3v) is 5.13. The number of para-hydroxylation sites is 1. The van der Waals surface area contributed by atoms with Gasteiger partial charge in [-0.15, -0.1) is 0 Å². The number of Topliss-reactive ketones (excluding diaryl/α,β-unsaturated/α-hetero) is 1. The van der Waals surface area contributed by atoms with Crippen LogP contribution in [0.2, 0.25) is 0 Å². The Morgan fingerprint density at radius 3 is 2.67 bits per heavy atom. The van der Waals surface area contributed by atoms with Crippen LogP contribution in [-0.4, -0.2) is 30.9 Å². The molecule has 1 aliphatic heterocycles. The molecule has 0 fully saturated rings. The number of fused-ring (bicyclic) bond motifs is 1. The minimum atomic E-state index is -0.880. The number of hydrogen-bond donors (Lipinski definition) is 2. The molecule has 2 aliphatic rings. The van der Waals surface area contributed by atoms with E-state index in [0.29, 0.717) is 5.69 Å². The van der Waals surface area contributed by atoms with Crippen LogP contribution < -0.4 is 10.6 Å². The number of carbonyl (C=O) groups excluding carboxylic acids is 3. The third kappa shape index (κ3) is 4.35. The highest BCUT2D eigenvalue weighted by molar-refractivity contribution is 6.20. The van der Waals surface area contributed by atoms with Gasteiger partial charge in [-0.3, -0.25) is 9.59 Å². The number of nitrogens with one attached hydrogen (secondary N) is 2. The van der Waals surface area contributed by atoms with E-state index in [-0.39, 0.29) is 24.1 Å². The maximum Gasteiger partial charge on any atom is 0.347 e. The molecule has 0 saturated carbocycles. The molecule has 0 bridgehead atoms. The highest BCUT2D eigenvalue weighted by atomic mass is 16.5. The van der Waals surface area contributed by atoms with E-state index in [4.69, 9.17) is 9.47 Å². The Bertz CT molecular complexity index is 1000. The number of esters is 1. The Morgan fingerprint density at radius 2 is 1.83 bits per heavy atom. The van der Waals surface area contributed by atoms with Crippen LogP contribution in [0.1, 0.15) is 30.0 Å². The van der Waals surface area contributed by atoms with Gasteiger partial charge in [-0.05, 0) is 42.5 Å². The van der Waals surface area contributed by atoms with Crippen LogP contribution >= 0.6 is 0 Å². The van der Waals surface area contributed by atoms with Crippen LogP contribution in [0.3, 0.4) is 0 Å². The van der Waals surface area contributed by atoms with E-state index in [2.05, 4.69) is 16.7 Å². The summed E-state index contributed by atoms with van der Waals surface area (Å²) in [6.07, 6.45) is 2.80. The zero-order valence-electron chi connectivity index (χ0n) is 16.4. The third-order valence-electron chi connectivity index (χ3n) is 5.13. The Hall–Kier alpha value is -3.61. The molecule has 0 saturated heterocycles. The summed E-state index contributed by atoms with van der Waals surface area (Å²) in [5.74, 6) is -1.73. The lowest BCUT2D eigenvalue weighted by molar-refractivity contribution is -0.146. The van der Waals surface area contributed by atoms with Crippen molar-refractivity contribution < 1.29 is 23.9 Å². The number of benzene rings is 2. The fourth-order valence-electron chi connectivity index (χ4n) is 3.71. The van der Waals surface area contributed by atoms with Gasteiger partial charge >= 0.3 is 5.97 Å². The van der Waals surface area contributed by atoms with Crippen LogP contribution in [0.25, 0.3) is 0 Å². The second kappa shape index (κ2) is 8.82. The number of carbonyl (C=O) groups is 3. The van der Waals surface area contributed by atoms with Gasteiger partial charge in [0.1, 0.15) is 0 Å². The minimum Gasteiger partial charge on any atom is -0.470 e. The molecule has 2 aromatic rings. The van der Waals surface area contributed by atoms with Gasteiger partial charge in [0.2, 0.25) is 11.7 Å². The summed E-state index contributed by atoms with van der Waals surface area (Å²) in [4.78, 5) is 36.9. The van der Waals surface area contributed by atoms with Crippen LogP contribution in [0.15, 0.2) is 66.1 Å². The van der Waals surface area contributed by atoms with Gasteiger partial charge in [0.25, 0.3) is 5.91 Å². The Morgan fingerprint density at radius 1 is 1.07 bits per heavy atom. The normalized spacial score (nSPS) is 17.7. The van der Waals surface area contributed by atoms with Gasteiger partial charge in [-0.2, -0.15) is 0 Å². The SMILES string of the molecule is O=C(COC(=O)C1=C(Nc2ccccc2)OCC1=O)N[C@@H]1CCCc2ccccc21. The number of rotatable bonds is 6. The van der Waals surface area contributed by atoms with Crippen LogP contribution in [0.5, 0.6) is 0 Å². The molecule has 0 unspecified atom stereocenters. The van der Waals surface area contributed by atoms with E-state index < -0.39 is 24.3 Å². The molecular weight excluding hydrogens is 384 g/mol. The summed E-state index contributed by atoms with van der Waals surface area (Å²) in [5.41, 5.74) is 2.78. The quantitative estimate of drug-likeness (QED) is 0.566. The van der Waals surface area contributed by atoms with Gasteiger partial charge in [0, 0.05) is 5.69 Å². The first kappa shape index (κ1) is 19.7. The van der Waals surface area contributed by atoms with Gasteiger partial charge in [0.05, 0.1) is 6.04 Å². The van der Waals surface area contributed by atoms with E-state index in [1.165, 1.54) is 5.56 Å². The van der Waals surface area contributed by atoms with Gasteiger partial charge in [-0.1, -0.05) is 42.5 Å². The van der Waals surface area contributed by atoms with Gasteiger partial charge < -0.3 is 20.1 Å². The van der Waals surface area contributed by atoms with E-state index >= 15 is 0 Å². The summed E-state index contributed by atoms with van der Waals surface area (Å²) < 4.78 is 10.4. The molecule has 0 radical (unpaired) electrons. The smallest absolute Gasteiger partial charge is 0.347 e. The number of aryl methyl sites for hydroxylation is 1. The largest absolute Gasteiger partial charge is 0.470 e. The molecule has 2 aromatic carbocycles. The molecule has 1 aliphatic carbocycles. The van der Waals surface area contributed by atoms with Crippen molar-refractivity contribution >= 4 is 23.3 Å². The molecule has 0 aromatic heterocycles. The molecule has 4 rings (SSSR count). The molecule has 1 heterocycles. The van der Waals surface area contributed by atoms with Gasteiger partial charge in [0.15, 0.2) is 18.8 Å². The number of anilines is 1. The maximum absolute atomic E-state index is 12.5. The van der Waals surface area contributed by atoms with Crippen molar-refractivity contribution in [2.45, 2.75) is 25.3 Å². The van der Waals surface area contributed by atoms with Crippen molar-refractivity contribution in [1.29, 1.82) is 0 Å². The first-order chi connectivity index (χ1) is 14.6. The van der Waals surface area contributed by atoms with Crippen molar-refractivity contribution in [3.63, 3.8) is 0 Å². The lowest BCUT2D eigenvalue weighted by Crippen LogP contribution is -2.34. The molecule has 154 valence electrons. The van der Waals surface area contributed by atoms with Crippen LogP contribution in [-0.2, 0) is 30.3 Å². The number of ketones is 1. The lowest BCUT2D eigenvalue weighted by atomic mass is 9.88. The molecule has 2 N–H and O–H groups in total. The fourth-order valence-corrected chi connectivity index (χ4v) is 3.71. The average Bonchev–Trinajstić information content (AvgIpc) is 3.13. The Labute approximate surface area is 174 Å². The standard InChI is InChI=1S/C23H22N2O5/c26-19-13-29-22(24-16-9-2-1-3-10-16)21(19)23(28)30-14-20(27)25-18-12-6-8-15-7-4-5-11-17(15)18/h1-5,7,9-11,18,24H,6,8,12-14H2,(H,25,27)/t18-/m1/s1. The Kier molecular flexibility index (Phi) is 5.79. The Balaban J connectivity index is 1.37. The number of amides is 1. The maximum atomic E-state index is 12.5. The minimum absolute atomic E-state index is 0.0396. The first-order valence-corrected chi connectivity index (χ1v) is 9.88. The summed E-state index contributed by atoms with van der Waals surface area (Å²) in [6.45, 7) is -0.711. The highest BCUT2D eigenvalue weighted by Crippen LogP contribution is 2.29. The summed E-state index contributed by atoms with van der Waals surface area (Å²) in [7, 11) is 0.